The molecule has 2 fully saturated rings. The highest BCUT2D eigenvalue weighted by Crippen LogP contribution is 2.48. The van der Waals surface area contributed by atoms with Crippen LogP contribution in [-0.2, 0) is 9.13 Å². The van der Waals surface area contributed by atoms with E-state index in [1.165, 1.54) is 31.2 Å². The van der Waals surface area contributed by atoms with Crippen LogP contribution in [0.1, 0.15) is 115 Å². The summed E-state index contributed by atoms with van der Waals surface area (Å²) in [6.45, 7) is 8.01. The van der Waals surface area contributed by atoms with Gasteiger partial charge in [-0.2, -0.15) is 0 Å². The Labute approximate surface area is 211 Å². The molecule has 0 atom stereocenters. The van der Waals surface area contributed by atoms with E-state index in [1.807, 2.05) is 52.0 Å². The van der Waals surface area contributed by atoms with E-state index in [9.17, 15) is 9.13 Å². The first-order valence-corrected chi connectivity index (χ1v) is 14.8. The van der Waals surface area contributed by atoms with Crippen LogP contribution in [0, 0.1) is 0 Å². The first-order chi connectivity index (χ1) is 16.9. The predicted octanol–water partition coefficient (Wildman–Crippen LogP) is 8.82. The Morgan fingerprint density at radius 2 is 1.29 bits per heavy atom. The molecular weight excluding hydrogens is 455 g/mol. The smallest absolute Gasteiger partial charge is 0.349 e. The van der Waals surface area contributed by atoms with Crippen molar-refractivity contribution in [3.05, 3.63) is 41.5 Å². The van der Waals surface area contributed by atoms with Crippen molar-refractivity contribution >= 4 is 13.0 Å². The van der Waals surface area contributed by atoms with E-state index >= 15 is 0 Å². The Bertz CT molecular complexity index is 1070. The zero-order valence-electron chi connectivity index (χ0n) is 21.8. The quantitative estimate of drug-likeness (QED) is 0.343. The molecule has 2 aromatic rings. The second-order valence-corrected chi connectivity index (χ2v) is 11.8. The molecule has 35 heavy (non-hydrogen) atoms. The zero-order valence-corrected chi connectivity index (χ0v) is 22.7. The summed E-state index contributed by atoms with van der Waals surface area (Å²) in [5.41, 5.74) is 3.80. The number of rotatable bonds is 8. The van der Waals surface area contributed by atoms with Crippen LogP contribution < -0.4 is 14.8 Å². The second-order valence-electron chi connectivity index (χ2n) is 10.9. The van der Waals surface area contributed by atoms with Gasteiger partial charge in [-0.25, -0.2) is 9.13 Å². The van der Waals surface area contributed by atoms with Crippen LogP contribution in [0.2, 0.25) is 0 Å². The van der Waals surface area contributed by atoms with E-state index in [0.29, 0.717) is 28.3 Å². The van der Waals surface area contributed by atoms with Crippen LogP contribution in [0.25, 0.3) is 11.1 Å². The lowest BCUT2D eigenvalue weighted by atomic mass is 9.75. The summed E-state index contributed by atoms with van der Waals surface area (Å²) in [5.74, 6) is 2.07. The average Bonchev–Trinajstić information content (AvgIpc) is 2.84. The Hall–Kier alpha value is -2.06. The lowest BCUT2D eigenvalue weighted by molar-refractivity contribution is 0.239. The molecule has 0 N–H and O–H groups in total. The molecule has 0 heterocycles. The summed E-state index contributed by atoms with van der Waals surface area (Å²) < 4.78 is 39.0. The molecule has 0 spiro atoms. The van der Waals surface area contributed by atoms with Gasteiger partial charge in [0, 0.05) is 11.1 Å². The molecule has 190 valence electrons. The number of hydrogen-bond acceptors (Lipinski definition) is 4. The second kappa shape index (κ2) is 11.8. The Morgan fingerprint density at radius 3 is 1.86 bits per heavy atom. The molecular formula is C30H41O4P. The lowest BCUT2D eigenvalue weighted by Crippen LogP contribution is -2.22. The van der Waals surface area contributed by atoms with Gasteiger partial charge < -0.3 is 9.47 Å². The van der Waals surface area contributed by atoms with Crippen molar-refractivity contribution in [2.75, 3.05) is 0 Å². The van der Waals surface area contributed by atoms with Gasteiger partial charge in [0.05, 0.1) is 17.5 Å². The van der Waals surface area contributed by atoms with E-state index in [1.54, 1.807) is 0 Å². The zero-order chi connectivity index (χ0) is 24.9. The molecule has 0 saturated heterocycles. The van der Waals surface area contributed by atoms with Crippen LogP contribution in [-0.4, -0.2) is 12.2 Å². The van der Waals surface area contributed by atoms with Crippen molar-refractivity contribution in [2.45, 2.75) is 116 Å². The SMILES string of the molecule is CC(C)Oc1ccccc1-c1c(OC(C)C)cc(C2CCCCC2)c(C2CCCCC2)c1P(=O)=O. The summed E-state index contributed by atoms with van der Waals surface area (Å²) in [6, 6.07) is 10.0. The first-order valence-electron chi connectivity index (χ1n) is 13.6. The number of benzene rings is 2. The highest BCUT2D eigenvalue weighted by Gasteiger charge is 2.33. The van der Waals surface area contributed by atoms with Gasteiger partial charge in [-0.3, -0.25) is 0 Å². The summed E-state index contributed by atoms with van der Waals surface area (Å²) in [7, 11) is -2.83. The molecule has 4 nitrogen and oxygen atoms in total. The van der Waals surface area contributed by atoms with Crippen molar-refractivity contribution in [3.8, 4) is 22.6 Å². The summed E-state index contributed by atoms with van der Waals surface area (Å²) in [4.78, 5) is 0. The van der Waals surface area contributed by atoms with Crippen molar-refractivity contribution < 1.29 is 18.6 Å². The van der Waals surface area contributed by atoms with Crippen LogP contribution >= 0.6 is 7.68 Å². The van der Waals surface area contributed by atoms with Crippen molar-refractivity contribution in [1.29, 1.82) is 0 Å². The minimum absolute atomic E-state index is 0.0191. The van der Waals surface area contributed by atoms with Gasteiger partial charge in [-0.15, -0.1) is 0 Å². The molecule has 4 rings (SSSR count). The van der Waals surface area contributed by atoms with Crippen LogP contribution in [0.3, 0.4) is 0 Å². The van der Waals surface area contributed by atoms with Crippen molar-refractivity contribution in [2.24, 2.45) is 0 Å². The van der Waals surface area contributed by atoms with Crippen LogP contribution in [0.4, 0.5) is 0 Å². The highest BCUT2D eigenvalue weighted by molar-refractivity contribution is 7.41. The monoisotopic (exact) mass is 496 g/mol. The normalized spacial score (nSPS) is 17.7. The fourth-order valence-corrected chi connectivity index (χ4v) is 7.00. The molecule has 5 heteroatoms. The fraction of sp³-hybridized carbons (Fsp3) is 0.600. The molecule has 0 aliphatic heterocycles. The highest BCUT2D eigenvalue weighted by atomic mass is 31.1. The average molecular weight is 497 g/mol. The largest absolute Gasteiger partial charge is 0.490 e. The Morgan fingerprint density at radius 1 is 0.743 bits per heavy atom. The van der Waals surface area contributed by atoms with E-state index in [0.717, 1.165) is 49.7 Å². The van der Waals surface area contributed by atoms with E-state index in [-0.39, 0.29) is 18.1 Å². The molecule has 0 aromatic heterocycles. The standard InChI is InChI=1S/C30H41O4P/c1-20(2)33-26-18-12-11-17-24(26)29-27(34-21(3)4)19-25(22-13-7-5-8-14-22)28(30(29)35(31)32)23-15-9-6-10-16-23/h11-12,17-23H,5-10,13-16H2,1-4H3. The fourth-order valence-electron chi connectivity index (χ4n) is 6.08. The van der Waals surface area contributed by atoms with Gasteiger partial charge >= 0.3 is 7.68 Å². The predicted molar refractivity (Wildman–Crippen MR) is 143 cm³/mol. The third kappa shape index (κ3) is 6.02. The van der Waals surface area contributed by atoms with Gasteiger partial charge in [0.1, 0.15) is 11.5 Å². The van der Waals surface area contributed by atoms with E-state index < -0.39 is 7.68 Å². The topological polar surface area (TPSA) is 52.6 Å². The molecule has 0 unspecified atom stereocenters. The minimum Gasteiger partial charge on any atom is -0.490 e. The van der Waals surface area contributed by atoms with E-state index in [2.05, 4.69) is 6.07 Å². The van der Waals surface area contributed by atoms with Gasteiger partial charge in [-0.05, 0) is 88.5 Å². The summed E-state index contributed by atoms with van der Waals surface area (Å²) in [5, 5.41) is 0.477. The minimum atomic E-state index is -2.83. The third-order valence-corrected chi connectivity index (χ3v) is 8.29. The molecule has 0 radical (unpaired) electrons. The molecule has 2 aliphatic rings. The van der Waals surface area contributed by atoms with E-state index in [4.69, 9.17) is 9.47 Å². The molecule has 2 aliphatic carbocycles. The number of ether oxygens (including phenoxy) is 2. The Kier molecular flexibility index (Phi) is 8.76. The summed E-state index contributed by atoms with van der Waals surface area (Å²) in [6.07, 6.45) is 11.5. The molecule has 0 amide bonds. The molecule has 0 bridgehead atoms. The number of hydrogen-bond donors (Lipinski definition) is 0. The van der Waals surface area contributed by atoms with Gasteiger partial charge in [0.25, 0.3) is 0 Å². The van der Waals surface area contributed by atoms with Crippen molar-refractivity contribution in [3.63, 3.8) is 0 Å². The third-order valence-electron chi connectivity index (χ3n) is 7.46. The molecule has 2 saturated carbocycles. The maximum absolute atomic E-state index is 13.2. The number of para-hydroxylation sites is 1. The summed E-state index contributed by atoms with van der Waals surface area (Å²) >= 11 is 0. The van der Waals surface area contributed by atoms with Gasteiger partial charge in [-0.1, -0.05) is 56.7 Å². The van der Waals surface area contributed by atoms with Crippen molar-refractivity contribution in [1.82, 2.24) is 0 Å². The lowest BCUT2D eigenvalue weighted by Gasteiger charge is -2.32. The maximum atomic E-state index is 13.2. The van der Waals surface area contributed by atoms with Gasteiger partial charge in [0.2, 0.25) is 0 Å². The van der Waals surface area contributed by atoms with Crippen LogP contribution in [0.15, 0.2) is 30.3 Å². The molecule has 2 aromatic carbocycles. The first kappa shape index (κ1) is 26.0. The Balaban J connectivity index is 2.04. The van der Waals surface area contributed by atoms with Crippen LogP contribution in [0.5, 0.6) is 11.5 Å². The van der Waals surface area contributed by atoms with Gasteiger partial charge in [0.15, 0.2) is 0 Å². The maximum Gasteiger partial charge on any atom is 0.349 e.